The Morgan fingerprint density at radius 2 is 1.38 bits per heavy atom. The van der Waals surface area contributed by atoms with Gasteiger partial charge in [0.2, 0.25) is 35.4 Å². The zero-order valence-electron chi connectivity index (χ0n) is 49.7. The third-order valence-electron chi connectivity index (χ3n) is 15.2. The SMILES string of the molecule is CCC(C)[C@@H](C(CC(=O)N1CCC[C@H]1[C@H](OC)[C@@H](C)C(=O)N[C@@H](Cc1ccccc1)C(=O)O)OC)N(C)C(=O)[C@@H](NC(=O)[C@H](C(C)C)N(C)C(=O)OCc1ccc(NC(=O)[C@H](CCCNC(N)=O)NC(=O)[C@@H](N)C(C)C)cc1)C(C)C. The summed E-state index contributed by atoms with van der Waals surface area (Å²) < 4.78 is 17.6. The molecule has 0 aromatic heterocycles. The largest absolute Gasteiger partial charge is 0.480 e. The Labute approximate surface area is 478 Å². The number of carboxylic acids is 1. The van der Waals surface area contributed by atoms with Crippen LogP contribution in [0.3, 0.4) is 0 Å². The van der Waals surface area contributed by atoms with Crippen LogP contribution in [0.25, 0.3) is 0 Å². The van der Waals surface area contributed by atoms with Gasteiger partial charge in [-0.15, -0.1) is 0 Å². The molecule has 1 heterocycles. The van der Waals surface area contributed by atoms with E-state index in [1.165, 1.54) is 31.1 Å². The van der Waals surface area contributed by atoms with Crippen molar-refractivity contribution < 1.29 is 62.5 Å². The number of nitrogens with zero attached hydrogens (tertiary/aromatic N) is 3. The van der Waals surface area contributed by atoms with E-state index in [4.69, 9.17) is 25.7 Å². The van der Waals surface area contributed by atoms with Crippen molar-refractivity contribution in [1.29, 1.82) is 0 Å². The molecule has 0 saturated carbocycles. The van der Waals surface area contributed by atoms with Gasteiger partial charge in [0, 0.05) is 53.5 Å². The lowest BCUT2D eigenvalue weighted by Crippen LogP contribution is -2.60. The number of carbonyl (C=O) groups is 9. The maximum atomic E-state index is 14.7. The number of anilines is 1. The summed E-state index contributed by atoms with van der Waals surface area (Å²) >= 11 is 0. The fourth-order valence-corrected chi connectivity index (χ4v) is 10.2. The average Bonchev–Trinajstić information content (AvgIpc) is 4.01. The van der Waals surface area contributed by atoms with Crippen LogP contribution in [0, 0.1) is 29.6 Å². The fraction of sp³-hybridized carbons (Fsp3) is 0.638. The summed E-state index contributed by atoms with van der Waals surface area (Å²) in [6.07, 6.45) is -0.0803. The van der Waals surface area contributed by atoms with E-state index in [0.717, 1.165) is 5.56 Å². The Hall–Kier alpha value is -6.85. The topological polar surface area (TPSA) is 323 Å². The van der Waals surface area contributed by atoms with Gasteiger partial charge in [-0.05, 0) is 72.6 Å². The van der Waals surface area contributed by atoms with Gasteiger partial charge in [-0.2, -0.15) is 0 Å². The maximum Gasteiger partial charge on any atom is 0.410 e. The number of ether oxygens (including phenoxy) is 3. The second kappa shape index (κ2) is 33.2. The molecule has 1 saturated heterocycles. The third kappa shape index (κ3) is 20.3. The molecule has 23 nitrogen and oxygen atoms in total. The molecule has 9 amide bonds. The number of hydrogen-bond acceptors (Lipinski definition) is 13. The van der Waals surface area contributed by atoms with Gasteiger partial charge in [-0.3, -0.25) is 33.7 Å². The van der Waals surface area contributed by atoms with Gasteiger partial charge in [-0.25, -0.2) is 14.4 Å². The minimum absolute atomic E-state index is 0.0857. The predicted octanol–water partition coefficient (Wildman–Crippen LogP) is 4.01. The van der Waals surface area contributed by atoms with Gasteiger partial charge >= 0.3 is 18.1 Å². The van der Waals surface area contributed by atoms with Crippen molar-refractivity contribution in [3.05, 3.63) is 65.7 Å². The highest BCUT2D eigenvalue weighted by molar-refractivity contribution is 5.98. The summed E-state index contributed by atoms with van der Waals surface area (Å²) in [6.45, 7) is 16.7. The first kappa shape index (κ1) is 68.4. The number of likely N-dealkylation sites (N-methyl/N-ethyl adjacent to an activating group) is 2. The third-order valence-corrected chi connectivity index (χ3v) is 15.2. The van der Waals surface area contributed by atoms with Crippen LogP contribution in [0.4, 0.5) is 15.3 Å². The van der Waals surface area contributed by atoms with E-state index >= 15 is 0 Å². The molecule has 11 atom stereocenters. The van der Waals surface area contributed by atoms with Gasteiger partial charge in [0.15, 0.2) is 0 Å². The second-order valence-corrected chi connectivity index (χ2v) is 22.2. The van der Waals surface area contributed by atoms with Crippen molar-refractivity contribution in [3.8, 4) is 0 Å². The Bertz CT molecular complexity index is 2390. The van der Waals surface area contributed by atoms with Crippen LogP contribution in [0.15, 0.2) is 54.6 Å². The number of amides is 9. The highest BCUT2D eigenvalue weighted by Crippen LogP contribution is 2.30. The number of urea groups is 1. The van der Waals surface area contributed by atoms with E-state index in [9.17, 15) is 48.3 Å². The molecule has 23 heteroatoms. The molecule has 0 aliphatic carbocycles. The van der Waals surface area contributed by atoms with Gasteiger partial charge < -0.3 is 67.2 Å². The smallest absolute Gasteiger partial charge is 0.410 e. The van der Waals surface area contributed by atoms with Crippen LogP contribution < -0.4 is 38.1 Å². The van der Waals surface area contributed by atoms with Crippen LogP contribution >= 0.6 is 0 Å². The number of nitrogens with two attached hydrogens (primary N) is 2. The minimum Gasteiger partial charge on any atom is -0.480 e. The number of benzene rings is 2. The number of methoxy groups -OCH3 is 2. The summed E-state index contributed by atoms with van der Waals surface area (Å²) in [7, 11) is 6.01. The van der Waals surface area contributed by atoms with Crippen LogP contribution in [0.1, 0.15) is 112 Å². The quantitative estimate of drug-likeness (QED) is 0.0481. The van der Waals surface area contributed by atoms with Crippen molar-refractivity contribution in [2.45, 2.75) is 168 Å². The molecule has 2 unspecified atom stereocenters. The normalized spacial score (nSPS) is 17.0. The number of primary amides is 1. The maximum absolute atomic E-state index is 14.7. The molecule has 452 valence electrons. The number of rotatable bonds is 32. The molecule has 1 aliphatic rings. The summed E-state index contributed by atoms with van der Waals surface area (Å²) in [6, 6.07) is 8.49. The van der Waals surface area contributed by atoms with Gasteiger partial charge in [-0.1, -0.05) is 111 Å². The summed E-state index contributed by atoms with van der Waals surface area (Å²) in [5.74, 6) is -6.02. The van der Waals surface area contributed by atoms with Gasteiger partial charge in [0.25, 0.3) is 0 Å². The Morgan fingerprint density at radius 1 is 0.753 bits per heavy atom. The van der Waals surface area contributed by atoms with Crippen molar-refractivity contribution in [2.24, 2.45) is 41.1 Å². The monoisotopic (exact) mass is 1140 g/mol. The first-order chi connectivity index (χ1) is 38.2. The molecule has 0 bridgehead atoms. The fourth-order valence-electron chi connectivity index (χ4n) is 10.2. The van der Waals surface area contributed by atoms with Crippen molar-refractivity contribution in [3.63, 3.8) is 0 Å². The molecule has 0 radical (unpaired) electrons. The number of hydrogen-bond donors (Lipinski definition) is 8. The van der Waals surface area contributed by atoms with Crippen molar-refractivity contribution in [2.75, 3.05) is 46.7 Å². The molecule has 0 spiro atoms. The van der Waals surface area contributed by atoms with E-state index in [1.807, 2.05) is 19.9 Å². The second-order valence-electron chi connectivity index (χ2n) is 22.2. The highest BCUT2D eigenvalue weighted by atomic mass is 16.6. The van der Waals surface area contributed by atoms with Gasteiger partial charge in [0.05, 0.1) is 42.7 Å². The number of aliphatic carboxylic acids is 1. The van der Waals surface area contributed by atoms with Crippen LogP contribution in [-0.2, 0) is 60.8 Å². The highest BCUT2D eigenvalue weighted by Gasteiger charge is 2.44. The Balaban J connectivity index is 1.71. The first-order valence-corrected chi connectivity index (χ1v) is 28.1. The molecule has 1 fully saturated rings. The van der Waals surface area contributed by atoms with Crippen molar-refractivity contribution in [1.82, 2.24) is 36.0 Å². The lowest BCUT2D eigenvalue weighted by Gasteiger charge is -2.41. The molecular weight excluding hydrogens is 1040 g/mol. The number of nitrogens with one attached hydrogen (secondary N) is 5. The molecule has 81 heavy (non-hydrogen) atoms. The predicted molar refractivity (Wildman–Crippen MR) is 306 cm³/mol. The minimum atomic E-state index is -1.18. The first-order valence-electron chi connectivity index (χ1n) is 28.1. The summed E-state index contributed by atoms with van der Waals surface area (Å²) in [5.41, 5.74) is 12.9. The number of carbonyl (C=O) groups excluding carboxylic acids is 8. The van der Waals surface area contributed by atoms with E-state index < -0.39 is 120 Å². The molecule has 2 aromatic rings. The molecule has 10 N–H and O–H groups in total. The lowest BCUT2D eigenvalue weighted by atomic mass is 9.89. The lowest BCUT2D eigenvalue weighted by molar-refractivity contribution is -0.148. The Morgan fingerprint density at radius 3 is 1.93 bits per heavy atom. The van der Waals surface area contributed by atoms with Crippen LogP contribution in [0.5, 0.6) is 0 Å². The zero-order valence-corrected chi connectivity index (χ0v) is 49.7. The van der Waals surface area contributed by atoms with Crippen LogP contribution in [-0.4, -0.2) is 169 Å². The van der Waals surface area contributed by atoms with E-state index in [1.54, 1.807) is 109 Å². The van der Waals surface area contributed by atoms with Crippen LogP contribution in [0.2, 0.25) is 0 Å². The number of likely N-dealkylation sites (tertiary alicyclic amines) is 1. The standard InChI is InChI=1S/C58H92N10O13/c1-14-36(8)49(44(79-12)31-45(69)68-29-19-23-43(68)50(80-13)37(9)51(70)64-42(56(75)76)30-38-20-16-15-17-21-38)66(10)55(74)47(34(4)5)65-54(73)48(35(6)7)67(11)58(78)81-32-39-24-26-40(27-25-39)62-52(71)41(22-18-28-61-57(60)77)63-53(72)46(59)33(2)3/h15-17,20-21,24-27,33-37,41-44,46-50H,14,18-19,22-23,28-32,59H2,1-13H3,(H,62,71)(H,63,72)(H,64,70)(H,65,73)(H,75,76)(H3,60,61,77)/t36?,37-,41+,42+,43+,44?,46+,47+,48+,49+,50-/m1/s1. The number of carboxylic acid groups (broad SMARTS) is 1. The summed E-state index contributed by atoms with van der Waals surface area (Å²) in [4.78, 5) is 125. The van der Waals surface area contributed by atoms with Gasteiger partial charge in [0.1, 0.15) is 30.8 Å². The molecule has 3 rings (SSSR count). The van der Waals surface area contributed by atoms with Crippen molar-refractivity contribution >= 4 is 59.2 Å². The molecular formula is C58H92N10O13. The van der Waals surface area contributed by atoms with E-state index in [0.29, 0.717) is 43.5 Å². The Kier molecular flexibility index (Phi) is 28.0. The summed E-state index contributed by atoms with van der Waals surface area (Å²) in [5, 5.41) is 23.5. The average molecular weight is 1140 g/mol. The zero-order chi connectivity index (χ0) is 60.8. The molecule has 2 aromatic carbocycles. The van der Waals surface area contributed by atoms with E-state index in [2.05, 4.69) is 26.6 Å². The van der Waals surface area contributed by atoms with E-state index in [-0.39, 0.29) is 50.2 Å². The molecule has 1 aliphatic heterocycles.